The Morgan fingerprint density at radius 1 is 1.20 bits per heavy atom. The lowest BCUT2D eigenvalue weighted by Gasteiger charge is -2.10. The van der Waals surface area contributed by atoms with E-state index in [0.717, 1.165) is 24.3 Å². The van der Waals surface area contributed by atoms with E-state index in [1.165, 1.54) is 11.3 Å². The van der Waals surface area contributed by atoms with Crippen LogP contribution in [0.25, 0.3) is 0 Å². The van der Waals surface area contributed by atoms with E-state index in [4.69, 9.17) is 10.5 Å². The number of ether oxygens (including phenoxy) is 1. The molecular formula is C16H23N3O. The van der Waals surface area contributed by atoms with Crippen LogP contribution in [0.2, 0.25) is 0 Å². The van der Waals surface area contributed by atoms with E-state index in [1.54, 1.807) is 7.11 Å². The first-order chi connectivity index (χ1) is 9.52. The van der Waals surface area contributed by atoms with Crippen molar-refractivity contribution in [1.29, 1.82) is 0 Å². The van der Waals surface area contributed by atoms with E-state index in [2.05, 4.69) is 31.0 Å². The summed E-state index contributed by atoms with van der Waals surface area (Å²) in [6.07, 6.45) is 1.87. The van der Waals surface area contributed by atoms with Gasteiger partial charge in [0.2, 0.25) is 0 Å². The molecular weight excluding hydrogens is 250 g/mol. The van der Waals surface area contributed by atoms with Gasteiger partial charge in [-0.15, -0.1) is 0 Å². The van der Waals surface area contributed by atoms with E-state index < -0.39 is 0 Å². The maximum Gasteiger partial charge on any atom is 0.200 e. The molecule has 20 heavy (non-hydrogen) atoms. The van der Waals surface area contributed by atoms with Gasteiger partial charge in [-0.05, 0) is 36.5 Å². The van der Waals surface area contributed by atoms with Gasteiger partial charge >= 0.3 is 0 Å². The van der Waals surface area contributed by atoms with Gasteiger partial charge < -0.3 is 15.0 Å². The van der Waals surface area contributed by atoms with Crippen molar-refractivity contribution in [3.8, 4) is 5.75 Å². The minimum absolute atomic E-state index is 0.427. The fraction of sp³-hybridized carbons (Fsp3) is 0.438. The predicted molar refractivity (Wildman–Crippen MR) is 82.1 cm³/mol. The number of rotatable bonds is 5. The number of nitrogen functional groups attached to an aromatic ring is 1. The predicted octanol–water partition coefficient (Wildman–Crippen LogP) is 2.92. The van der Waals surface area contributed by atoms with Crippen molar-refractivity contribution in [1.82, 2.24) is 9.55 Å². The third-order valence-electron chi connectivity index (χ3n) is 3.61. The molecule has 0 saturated carbocycles. The molecule has 0 aliphatic carbocycles. The molecule has 108 valence electrons. The maximum absolute atomic E-state index is 5.92. The molecule has 2 N–H and O–H groups in total. The summed E-state index contributed by atoms with van der Waals surface area (Å²) in [7, 11) is 3.66. The average Bonchev–Trinajstić information content (AvgIpc) is 2.72. The van der Waals surface area contributed by atoms with Crippen LogP contribution in [0.4, 0.5) is 5.95 Å². The normalized spacial score (nSPS) is 11.1. The Morgan fingerprint density at radius 3 is 2.40 bits per heavy atom. The van der Waals surface area contributed by atoms with Crippen molar-refractivity contribution in [3.05, 3.63) is 41.2 Å². The summed E-state index contributed by atoms with van der Waals surface area (Å²) in [6.45, 7) is 4.35. The van der Waals surface area contributed by atoms with Gasteiger partial charge in [0.25, 0.3) is 0 Å². The lowest BCUT2D eigenvalue weighted by molar-refractivity contribution is 0.414. The topological polar surface area (TPSA) is 53.1 Å². The van der Waals surface area contributed by atoms with Crippen LogP contribution in [0.5, 0.6) is 5.75 Å². The number of methoxy groups -OCH3 is 1. The summed E-state index contributed by atoms with van der Waals surface area (Å²) >= 11 is 0. The van der Waals surface area contributed by atoms with Crippen molar-refractivity contribution in [2.75, 3.05) is 12.8 Å². The highest BCUT2D eigenvalue weighted by atomic mass is 16.5. The average molecular weight is 273 g/mol. The maximum atomic E-state index is 5.92. The molecule has 0 unspecified atom stereocenters. The van der Waals surface area contributed by atoms with Crippen LogP contribution in [0.1, 0.15) is 36.7 Å². The molecule has 4 heteroatoms. The van der Waals surface area contributed by atoms with E-state index in [-0.39, 0.29) is 0 Å². The second-order valence-electron chi connectivity index (χ2n) is 5.36. The van der Waals surface area contributed by atoms with Crippen LogP contribution in [-0.4, -0.2) is 16.7 Å². The minimum Gasteiger partial charge on any atom is -0.497 e. The molecule has 2 rings (SSSR count). The zero-order chi connectivity index (χ0) is 14.7. The molecule has 0 radical (unpaired) electrons. The third kappa shape index (κ3) is 2.95. The van der Waals surface area contributed by atoms with Crippen LogP contribution >= 0.6 is 0 Å². The van der Waals surface area contributed by atoms with Crippen LogP contribution in [0, 0.1) is 0 Å². The molecule has 0 spiro atoms. The number of imidazole rings is 1. The SMILES string of the molecule is COc1ccc(CCc2nc(N)n(C)c2C(C)C)cc1. The highest BCUT2D eigenvalue weighted by Crippen LogP contribution is 2.23. The van der Waals surface area contributed by atoms with Gasteiger partial charge in [0.1, 0.15) is 5.75 Å². The Kier molecular flexibility index (Phi) is 4.32. The monoisotopic (exact) mass is 273 g/mol. The minimum atomic E-state index is 0.427. The Balaban J connectivity index is 2.12. The van der Waals surface area contributed by atoms with Gasteiger partial charge in [-0.2, -0.15) is 0 Å². The second kappa shape index (κ2) is 5.99. The summed E-state index contributed by atoms with van der Waals surface area (Å²) in [5, 5.41) is 0. The number of aryl methyl sites for hydroxylation is 2. The standard InChI is InChI=1S/C16H23N3O/c1-11(2)15-14(18-16(17)19(15)3)10-7-12-5-8-13(20-4)9-6-12/h5-6,8-9,11H,7,10H2,1-4H3,(H2,17,18). The lowest BCUT2D eigenvalue weighted by Crippen LogP contribution is -2.04. The highest BCUT2D eigenvalue weighted by Gasteiger charge is 2.15. The van der Waals surface area contributed by atoms with Crippen molar-refractivity contribution in [3.63, 3.8) is 0 Å². The Hall–Kier alpha value is -1.97. The molecule has 1 heterocycles. The summed E-state index contributed by atoms with van der Waals surface area (Å²) in [4.78, 5) is 4.50. The van der Waals surface area contributed by atoms with Crippen molar-refractivity contribution < 1.29 is 4.74 Å². The molecule has 0 aliphatic rings. The van der Waals surface area contributed by atoms with E-state index in [9.17, 15) is 0 Å². The van der Waals surface area contributed by atoms with Crippen LogP contribution < -0.4 is 10.5 Å². The van der Waals surface area contributed by atoms with Gasteiger partial charge in [0.05, 0.1) is 12.8 Å². The molecule has 1 aromatic carbocycles. The molecule has 2 aromatic rings. The van der Waals surface area contributed by atoms with Crippen molar-refractivity contribution in [2.45, 2.75) is 32.6 Å². The first kappa shape index (κ1) is 14.4. The number of nitrogens with zero attached hydrogens (tertiary/aromatic N) is 2. The summed E-state index contributed by atoms with van der Waals surface area (Å²) in [6, 6.07) is 8.18. The van der Waals surface area contributed by atoms with E-state index in [1.807, 2.05) is 23.7 Å². The molecule has 1 aromatic heterocycles. The molecule has 4 nitrogen and oxygen atoms in total. The molecule has 0 amide bonds. The number of aromatic nitrogens is 2. The Morgan fingerprint density at radius 2 is 1.85 bits per heavy atom. The summed E-state index contributed by atoms with van der Waals surface area (Å²) in [5.74, 6) is 1.91. The van der Waals surface area contributed by atoms with Gasteiger partial charge in [-0.25, -0.2) is 4.98 Å². The smallest absolute Gasteiger partial charge is 0.200 e. The van der Waals surface area contributed by atoms with Crippen molar-refractivity contribution in [2.24, 2.45) is 7.05 Å². The fourth-order valence-electron chi connectivity index (χ4n) is 2.55. The first-order valence-electron chi connectivity index (χ1n) is 6.96. The van der Waals surface area contributed by atoms with Gasteiger partial charge in [0.15, 0.2) is 5.95 Å². The first-order valence-corrected chi connectivity index (χ1v) is 6.96. The van der Waals surface area contributed by atoms with Crippen molar-refractivity contribution >= 4 is 5.95 Å². The number of hydrogen-bond donors (Lipinski definition) is 1. The van der Waals surface area contributed by atoms with Crippen LogP contribution in [-0.2, 0) is 19.9 Å². The number of nitrogens with two attached hydrogens (primary N) is 1. The largest absolute Gasteiger partial charge is 0.497 e. The molecule has 0 atom stereocenters. The highest BCUT2D eigenvalue weighted by molar-refractivity contribution is 5.32. The van der Waals surface area contributed by atoms with Crippen LogP contribution in [0.3, 0.4) is 0 Å². The summed E-state index contributed by atoms with van der Waals surface area (Å²) < 4.78 is 7.16. The van der Waals surface area contributed by atoms with Gasteiger partial charge in [-0.3, -0.25) is 0 Å². The summed E-state index contributed by atoms with van der Waals surface area (Å²) in [5.41, 5.74) is 9.54. The van der Waals surface area contributed by atoms with Crippen LogP contribution in [0.15, 0.2) is 24.3 Å². The third-order valence-corrected chi connectivity index (χ3v) is 3.61. The van der Waals surface area contributed by atoms with Gasteiger partial charge in [0, 0.05) is 12.7 Å². The molecule has 0 fully saturated rings. The van der Waals surface area contributed by atoms with E-state index >= 15 is 0 Å². The number of hydrogen-bond acceptors (Lipinski definition) is 3. The lowest BCUT2D eigenvalue weighted by atomic mass is 10.0. The molecule has 0 bridgehead atoms. The second-order valence-corrected chi connectivity index (χ2v) is 5.36. The quantitative estimate of drug-likeness (QED) is 0.911. The molecule has 0 aliphatic heterocycles. The van der Waals surface area contributed by atoms with Gasteiger partial charge in [-0.1, -0.05) is 26.0 Å². The van der Waals surface area contributed by atoms with E-state index in [0.29, 0.717) is 11.9 Å². The number of benzene rings is 1. The Labute approximate surface area is 120 Å². The zero-order valence-corrected chi connectivity index (χ0v) is 12.7. The molecule has 0 saturated heterocycles. The Bertz CT molecular complexity index is 570. The fourth-order valence-corrected chi connectivity index (χ4v) is 2.55. The number of anilines is 1. The zero-order valence-electron chi connectivity index (χ0n) is 12.7.